The van der Waals surface area contributed by atoms with E-state index in [1.165, 1.54) is 12.1 Å². The average Bonchev–Trinajstić information content (AvgIpc) is 2.19. The van der Waals surface area contributed by atoms with Gasteiger partial charge in [0.2, 0.25) is 0 Å². The number of hydrogen-bond acceptors (Lipinski definition) is 2. The van der Waals surface area contributed by atoms with Gasteiger partial charge in [-0.1, -0.05) is 6.07 Å². The smallest absolute Gasteiger partial charge is 0.319 e. The third-order valence-electron chi connectivity index (χ3n) is 2.32. The minimum atomic E-state index is -1.05. The monoisotopic (exact) mass is 227 g/mol. The van der Waals surface area contributed by atoms with E-state index in [0.717, 1.165) is 6.07 Å². The molecule has 4 nitrogen and oxygen atoms in total. The topological polar surface area (TPSA) is 53.2 Å². The quantitative estimate of drug-likeness (QED) is 0.707. The molecule has 16 heavy (non-hydrogen) atoms. The Hall–Kier alpha value is -1.69. The number of carbonyl (C=O) groups is 1. The van der Waals surface area contributed by atoms with Crippen LogP contribution in [-0.4, -0.2) is 25.2 Å². The predicted octanol–water partition coefficient (Wildman–Crippen LogP) is 1.06. The lowest BCUT2D eigenvalue weighted by Crippen LogP contribution is -2.57. The lowest BCUT2D eigenvalue weighted by atomic mass is 10.2. The van der Waals surface area contributed by atoms with Crippen LogP contribution in [0.2, 0.25) is 0 Å². The number of nitrogens with one attached hydrogen (secondary N) is 3. The Bertz CT molecular complexity index is 407. The third-order valence-corrected chi connectivity index (χ3v) is 2.32. The lowest BCUT2D eigenvalue weighted by molar-refractivity contribution is 0.242. The Morgan fingerprint density at radius 2 is 2.12 bits per heavy atom. The molecule has 2 rings (SSSR count). The van der Waals surface area contributed by atoms with Gasteiger partial charge in [0.15, 0.2) is 11.6 Å². The molecule has 0 aromatic heterocycles. The van der Waals surface area contributed by atoms with Crippen LogP contribution in [0.3, 0.4) is 0 Å². The first-order valence-corrected chi connectivity index (χ1v) is 4.89. The molecular formula is C10H11F2N3O. The van der Waals surface area contributed by atoms with E-state index in [1.807, 2.05) is 0 Å². The summed E-state index contributed by atoms with van der Waals surface area (Å²) in [6, 6.07) is 3.15. The van der Waals surface area contributed by atoms with Crippen molar-refractivity contribution in [3.63, 3.8) is 0 Å². The van der Waals surface area contributed by atoms with Crippen molar-refractivity contribution < 1.29 is 13.6 Å². The summed E-state index contributed by atoms with van der Waals surface area (Å²) in [4.78, 5) is 11.3. The lowest BCUT2D eigenvalue weighted by Gasteiger charge is -2.27. The fraction of sp³-hybridized carbons (Fsp3) is 0.300. The SMILES string of the molecule is O=C(Nc1cccc(F)c1F)NC1CNC1. The number of carbonyl (C=O) groups excluding carboxylic acids is 1. The molecule has 0 unspecified atom stereocenters. The zero-order valence-electron chi connectivity index (χ0n) is 8.39. The maximum Gasteiger partial charge on any atom is 0.319 e. The molecule has 0 spiro atoms. The van der Waals surface area contributed by atoms with Crippen LogP contribution in [0.25, 0.3) is 0 Å². The van der Waals surface area contributed by atoms with Gasteiger partial charge in [0.25, 0.3) is 0 Å². The Balaban J connectivity index is 1.97. The first-order chi connectivity index (χ1) is 7.66. The van der Waals surface area contributed by atoms with E-state index in [0.29, 0.717) is 13.1 Å². The Kier molecular flexibility index (Phi) is 3.00. The van der Waals surface area contributed by atoms with Crippen LogP contribution in [0.5, 0.6) is 0 Å². The van der Waals surface area contributed by atoms with Crippen molar-refractivity contribution in [2.24, 2.45) is 0 Å². The number of amides is 2. The van der Waals surface area contributed by atoms with Gasteiger partial charge in [0, 0.05) is 13.1 Å². The van der Waals surface area contributed by atoms with Crippen molar-refractivity contribution in [3.8, 4) is 0 Å². The first kappa shape index (κ1) is 10.8. The first-order valence-electron chi connectivity index (χ1n) is 4.89. The van der Waals surface area contributed by atoms with E-state index < -0.39 is 17.7 Å². The highest BCUT2D eigenvalue weighted by Crippen LogP contribution is 2.16. The summed E-state index contributed by atoms with van der Waals surface area (Å²) in [7, 11) is 0. The van der Waals surface area contributed by atoms with Crippen LogP contribution in [-0.2, 0) is 0 Å². The fourth-order valence-electron chi connectivity index (χ4n) is 1.33. The van der Waals surface area contributed by atoms with Crippen molar-refractivity contribution in [1.82, 2.24) is 10.6 Å². The van der Waals surface area contributed by atoms with Crippen molar-refractivity contribution in [2.75, 3.05) is 18.4 Å². The van der Waals surface area contributed by atoms with E-state index in [4.69, 9.17) is 0 Å². The summed E-state index contributed by atoms with van der Waals surface area (Å²) in [6.07, 6.45) is 0. The van der Waals surface area contributed by atoms with Crippen molar-refractivity contribution >= 4 is 11.7 Å². The van der Waals surface area contributed by atoms with Gasteiger partial charge in [-0.25, -0.2) is 13.6 Å². The molecule has 1 aromatic rings. The van der Waals surface area contributed by atoms with Crippen LogP contribution in [0.1, 0.15) is 0 Å². The number of benzene rings is 1. The van der Waals surface area contributed by atoms with Gasteiger partial charge in [-0.05, 0) is 12.1 Å². The molecule has 1 fully saturated rings. The van der Waals surface area contributed by atoms with Crippen LogP contribution in [0.4, 0.5) is 19.3 Å². The number of rotatable bonds is 2. The number of urea groups is 1. The minimum absolute atomic E-state index is 0.0524. The molecule has 1 saturated heterocycles. The normalized spacial score (nSPS) is 15.4. The summed E-state index contributed by atoms with van der Waals surface area (Å²) in [5, 5.41) is 7.84. The van der Waals surface area contributed by atoms with Crippen LogP contribution >= 0.6 is 0 Å². The van der Waals surface area contributed by atoms with Gasteiger partial charge in [0.05, 0.1) is 11.7 Å². The Morgan fingerprint density at radius 1 is 1.38 bits per heavy atom. The van der Waals surface area contributed by atoms with E-state index in [-0.39, 0.29) is 11.7 Å². The molecular weight excluding hydrogens is 216 g/mol. The standard InChI is InChI=1S/C10H11F2N3O/c11-7-2-1-3-8(9(7)12)15-10(16)14-6-4-13-5-6/h1-3,6,13H,4-5H2,(H2,14,15,16). The van der Waals surface area contributed by atoms with Crippen LogP contribution in [0.15, 0.2) is 18.2 Å². The maximum atomic E-state index is 13.2. The Morgan fingerprint density at radius 3 is 2.75 bits per heavy atom. The van der Waals surface area contributed by atoms with E-state index >= 15 is 0 Å². The van der Waals surface area contributed by atoms with Crippen LogP contribution < -0.4 is 16.0 Å². The summed E-state index contributed by atoms with van der Waals surface area (Å²) >= 11 is 0. The highest BCUT2D eigenvalue weighted by Gasteiger charge is 2.19. The van der Waals surface area contributed by atoms with Crippen LogP contribution in [0, 0.1) is 11.6 Å². The molecule has 0 radical (unpaired) electrons. The van der Waals surface area contributed by atoms with Crippen molar-refractivity contribution in [3.05, 3.63) is 29.8 Å². The molecule has 0 saturated carbocycles. The molecule has 6 heteroatoms. The second kappa shape index (κ2) is 4.44. The molecule has 0 aliphatic carbocycles. The highest BCUT2D eigenvalue weighted by molar-refractivity contribution is 5.89. The predicted molar refractivity (Wildman–Crippen MR) is 55.2 cm³/mol. The Labute approximate surface area is 91.0 Å². The van der Waals surface area contributed by atoms with Gasteiger partial charge < -0.3 is 16.0 Å². The maximum absolute atomic E-state index is 13.2. The van der Waals surface area contributed by atoms with Crippen molar-refractivity contribution in [2.45, 2.75) is 6.04 Å². The summed E-state index contributed by atoms with van der Waals surface area (Å²) < 4.78 is 26.0. The average molecular weight is 227 g/mol. The molecule has 3 N–H and O–H groups in total. The highest BCUT2D eigenvalue weighted by atomic mass is 19.2. The number of halogens is 2. The van der Waals surface area contributed by atoms with Gasteiger partial charge in [-0.15, -0.1) is 0 Å². The summed E-state index contributed by atoms with van der Waals surface area (Å²) in [6.45, 7) is 1.39. The summed E-state index contributed by atoms with van der Waals surface area (Å²) in [5.41, 5.74) is -0.162. The van der Waals surface area contributed by atoms with E-state index in [9.17, 15) is 13.6 Å². The number of anilines is 1. The second-order valence-corrected chi connectivity index (χ2v) is 3.56. The fourth-order valence-corrected chi connectivity index (χ4v) is 1.33. The molecule has 2 amide bonds. The third kappa shape index (κ3) is 2.27. The van der Waals surface area contributed by atoms with Gasteiger partial charge in [-0.2, -0.15) is 0 Å². The molecule has 1 aliphatic heterocycles. The molecule has 86 valence electrons. The minimum Gasteiger partial charge on any atom is -0.333 e. The van der Waals surface area contributed by atoms with E-state index in [2.05, 4.69) is 16.0 Å². The molecule has 0 atom stereocenters. The van der Waals surface area contributed by atoms with Gasteiger partial charge >= 0.3 is 6.03 Å². The zero-order chi connectivity index (χ0) is 11.5. The summed E-state index contributed by atoms with van der Waals surface area (Å²) in [5.74, 6) is -2.03. The zero-order valence-corrected chi connectivity index (χ0v) is 8.39. The van der Waals surface area contributed by atoms with E-state index in [1.54, 1.807) is 0 Å². The van der Waals surface area contributed by atoms with Gasteiger partial charge in [-0.3, -0.25) is 0 Å². The molecule has 1 heterocycles. The number of hydrogen-bond donors (Lipinski definition) is 3. The van der Waals surface area contributed by atoms with Gasteiger partial charge in [0.1, 0.15) is 0 Å². The molecule has 0 bridgehead atoms. The second-order valence-electron chi connectivity index (χ2n) is 3.56. The largest absolute Gasteiger partial charge is 0.333 e. The molecule has 1 aliphatic rings. The molecule has 1 aromatic carbocycles. The van der Waals surface area contributed by atoms with Crippen molar-refractivity contribution in [1.29, 1.82) is 0 Å².